The Balaban J connectivity index is 2.38. The zero-order chi connectivity index (χ0) is 13.3. The second-order valence-electron chi connectivity index (χ2n) is 4.03. The van der Waals surface area contributed by atoms with Gasteiger partial charge in [-0.2, -0.15) is 5.26 Å². The molecule has 1 aliphatic heterocycles. The summed E-state index contributed by atoms with van der Waals surface area (Å²) in [6.45, 7) is 0.271. The smallest absolute Gasteiger partial charge is 0.260 e. The molecule has 1 aromatic rings. The van der Waals surface area contributed by atoms with Gasteiger partial charge in [0.1, 0.15) is 29.1 Å². The van der Waals surface area contributed by atoms with E-state index in [0.29, 0.717) is 25.0 Å². The quantitative estimate of drug-likeness (QED) is 0.771. The fourth-order valence-electron chi connectivity index (χ4n) is 2.03. The van der Waals surface area contributed by atoms with E-state index in [9.17, 15) is 18.0 Å². The molecule has 94 valence electrons. The average Bonchev–Trinajstić information content (AvgIpc) is 2.75. The average molecular weight is 254 g/mol. The molecule has 0 aromatic heterocycles. The predicted molar refractivity (Wildman–Crippen MR) is 56.0 cm³/mol. The largest absolute Gasteiger partial charge is 0.322 e. The second kappa shape index (κ2) is 4.69. The molecule has 1 unspecified atom stereocenters. The third-order valence-corrected chi connectivity index (χ3v) is 2.88. The van der Waals surface area contributed by atoms with Crippen LogP contribution < -0.4 is 0 Å². The van der Waals surface area contributed by atoms with Crippen molar-refractivity contribution in [1.29, 1.82) is 5.26 Å². The van der Waals surface area contributed by atoms with Gasteiger partial charge >= 0.3 is 0 Å². The molecule has 0 spiro atoms. The number of benzene rings is 1. The van der Waals surface area contributed by atoms with Gasteiger partial charge in [-0.3, -0.25) is 4.79 Å². The normalized spacial score (nSPS) is 18.8. The van der Waals surface area contributed by atoms with Crippen molar-refractivity contribution in [2.24, 2.45) is 0 Å². The highest BCUT2D eigenvalue weighted by atomic mass is 19.1. The summed E-state index contributed by atoms with van der Waals surface area (Å²) in [4.78, 5) is 13.1. The van der Waals surface area contributed by atoms with Gasteiger partial charge < -0.3 is 4.90 Å². The first kappa shape index (κ1) is 12.4. The van der Waals surface area contributed by atoms with E-state index in [1.165, 1.54) is 0 Å². The van der Waals surface area contributed by atoms with Crippen molar-refractivity contribution in [1.82, 2.24) is 4.90 Å². The van der Waals surface area contributed by atoms with Gasteiger partial charge in [0.2, 0.25) is 0 Å². The minimum Gasteiger partial charge on any atom is -0.322 e. The maximum atomic E-state index is 13.4. The molecule has 18 heavy (non-hydrogen) atoms. The molecule has 0 aliphatic carbocycles. The monoisotopic (exact) mass is 254 g/mol. The zero-order valence-corrected chi connectivity index (χ0v) is 9.29. The van der Waals surface area contributed by atoms with Crippen LogP contribution in [0.1, 0.15) is 23.2 Å². The van der Waals surface area contributed by atoms with Gasteiger partial charge in [-0.25, -0.2) is 13.2 Å². The van der Waals surface area contributed by atoms with E-state index >= 15 is 0 Å². The first-order valence-corrected chi connectivity index (χ1v) is 5.39. The Morgan fingerprint density at radius 1 is 1.33 bits per heavy atom. The number of carbonyl (C=O) groups is 1. The summed E-state index contributed by atoms with van der Waals surface area (Å²) in [6, 6.07) is 2.13. The van der Waals surface area contributed by atoms with Crippen LogP contribution in [-0.2, 0) is 0 Å². The van der Waals surface area contributed by atoms with Crippen molar-refractivity contribution < 1.29 is 18.0 Å². The highest BCUT2D eigenvalue weighted by Gasteiger charge is 2.32. The summed E-state index contributed by atoms with van der Waals surface area (Å²) in [5, 5.41) is 8.82. The van der Waals surface area contributed by atoms with Crippen LogP contribution in [0.25, 0.3) is 0 Å². The molecular formula is C12H9F3N2O. The number of carbonyl (C=O) groups excluding carboxylic acids is 1. The van der Waals surface area contributed by atoms with E-state index in [0.717, 1.165) is 4.90 Å². The Morgan fingerprint density at radius 2 is 1.94 bits per heavy atom. The molecule has 0 saturated carbocycles. The number of amides is 1. The Kier molecular flexibility index (Phi) is 3.24. The third kappa shape index (κ3) is 2.04. The lowest BCUT2D eigenvalue weighted by molar-refractivity contribution is 0.0755. The lowest BCUT2D eigenvalue weighted by Gasteiger charge is -2.20. The first-order valence-electron chi connectivity index (χ1n) is 5.39. The molecule has 6 heteroatoms. The number of nitriles is 1. The Hall–Kier alpha value is -2.03. The van der Waals surface area contributed by atoms with E-state index in [1.54, 1.807) is 0 Å². The van der Waals surface area contributed by atoms with Gasteiger partial charge in [-0.1, -0.05) is 0 Å². The molecule has 1 heterocycles. The summed E-state index contributed by atoms with van der Waals surface area (Å²) in [5.74, 6) is -4.49. The zero-order valence-electron chi connectivity index (χ0n) is 9.29. The van der Waals surface area contributed by atoms with Crippen LogP contribution >= 0.6 is 0 Å². The lowest BCUT2D eigenvalue weighted by Crippen LogP contribution is -2.35. The molecule has 1 saturated heterocycles. The van der Waals surface area contributed by atoms with Crippen LogP contribution in [0.4, 0.5) is 13.2 Å². The summed E-state index contributed by atoms with van der Waals surface area (Å²) in [7, 11) is 0. The van der Waals surface area contributed by atoms with Gasteiger partial charge in [0.25, 0.3) is 5.91 Å². The highest BCUT2D eigenvalue weighted by molar-refractivity contribution is 5.95. The Morgan fingerprint density at radius 3 is 2.50 bits per heavy atom. The van der Waals surface area contributed by atoms with E-state index in [-0.39, 0.29) is 6.54 Å². The molecule has 3 nitrogen and oxygen atoms in total. The third-order valence-electron chi connectivity index (χ3n) is 2.88. The lowest BCUT2D eigenvalue weighted by atomic mass is 10.1. The first-order chi connectivity index (χ1) is 8.54. The molecule has 0 bridgehead atoms. The van der Waals surface area contributed by atoms with Gasteiger partial charge in [0.15, 0.2) is 0 Å². The van der Waals surface area contributed by atoms with Crippen LogP contribution in [0, 0.1) is 28.8 Å². The van der Waals surface area contributed by atoms with Crippen molar-refractivity contribution >= 4 is 5.91 Å². The molecule has 1 aromatic carbocycles. The number of likely N-dealkylation sites (tertiary alicyclic amines) is 1. The summed E-state index contributed by atoms with van der Waals surface area (Å²) < 4.78 is 39.6. The van der Waals surface area contributed by atoms with Crippen molar-refractivity contribution in [3.63, 3.8) is 0 Å². The minimum absolute atomic E-state index is 0.271. The number of rotatable bonds is 1. The SMILES string of the molecule is N#CC1CCCN1C(=O)c1c(F)cc(F)cc1F. The van der Waals surface area contributed by atoms with Gasteiger partial charge in [-0.05, 0) is 12.8 Å². The topological polar surface area (TPSA) is 44.1 Å². The van der Waals surface area contributed by atoms with Crippen LogP contribution in [0.5, 0.6) is 0 Å². The van der Waals surface area contributed by atoms with Gasteiger partial charge in [-0.15, -0.1) is 0 Å². The predicted octanol–water partition coefficient (Wildman–Crippen LogP) is 2.23. The molecule has 2 rings (SSSR count). The minimum atomic E-state index is -1.25. The molecule has 0 N–H and O–H groups in total. The van der Waals surface area contributed by atoms with E-state index in [1.807, 2.05) is 6.07 Å². The van der Waals surface area contributed by atoms with Crippen molar-refractivity contribution in [3.8, 4) is 6.07 Å². The number of halogens is 3. The maximum Gasteiger partial charge on any atom is 0.260 e. The van der Waals surface area contributed by atoms with Crippen molar-refractivity contribution in [2.75, 3.05) is 6.54 Å². The van der Waals surface area contributed by atoms with Crippen molar-refractivity contribution in [2.45, 2.75) is 18.9 Å². The van der Waals surface area contributed by atoms with E-state index < -0.39 is 35.0 Å². The Bertz CT molecular complexity index is 516. The summed E-state index contributed by atoms with van der Waals surface area (Å²) in [6.07, 6.45) is 1.08. The van der Waals surface area contributed by atoms with Crippen molar-refractivity contribution in [3.05, 3.63) is 35.1 Å². The second-order valence-corrected chi connectivity index (χ2v) is 4.03. The van der Waals surface area contributed by atoms with Gasteiger partial charge in [0.05, 0.1) is 6.07 Å². The van der Waals surface area contributed by atoms with Crippen LogP contribution in [-0.4, -0.2) is 23.4 Å². The van der Waals surface area contributed by atoms with Gasteiger partial charge in [0, 0.05) is 18.7 Å². The van der Waals surface area contributed by atoms with E-state index in [4.69, 9.17) is 5.26 Å². The van der Waals surface area contributed by atoms with Crippen LogP contribution in [0.2, 0.25) is 0 Å². The Labute approximate surface area is 101 Å². The number of hydrogen-bond donors (Lipinski definition) is 0. The van der Waals surface area contributed by atoms with Crippen LogP contribution in [0.15, 0.2) is 12.1 Å². The van der Waals surface area contributed by atoms with E-state index in [2.05, 4.69) is 0 Å². The highest BCUT2D eigenvalue weighted by Crippen LogP contribution is 2.23. The van der Waals surface area contributed by atoms with Crippen LogP contribution in [0.3, 0.4) is 0 Å². The number of nitrogens with zero attached hydrogens (tertiary/aromatic N) is 2. The summed E-state index contributed by atoms with van der Waals surface area (Å²) >= 11 is 0. The maximum absolute atomic E-state index is 13.4. The summed E-state index contributed by atoms with van der Waals surface area (Å²) in [5.41, 5.74) is -0.807. The molecule has 0 radical (unpaired) electrons. The standard InChI is InChI=1S/C12H9F3N2O/c13-7-4-9(14)11(10(15)5-7)12(18)17-3-1-2-8(17)6-16/h4-5,8H,1-3H2. The number of hydrogen-bond acceptors (Lipinski definition) is 2. The molecule has 1 amide bonds. The molecule has 1 fully saturated rings. The fourth-order valence-corrected chi connectivity index (χ4v) is 2.03. The fraction of sp³-hybridized carbons (Fsp3) is 0.333. The molecule has 1 atom stereocenters. The molecule has 1 aliphatic rings. The molecular weight excluding hydrogens is 245 g/mol.